The van der Waals surface area contributed by atoms with Gasteiger partial charge in [0.25, 0.3) is 5.69 Å². The van der Waals surface area contributed by atoms with Crippen LogP contribution in [0.1, 0.15) is 43.1 Å². The molecule has 0 bridgehead atoms. The fraction of sp³-hybridized carbons (Fsp3) is 0.500. The molecule has 0 aromatic heterocycles. The van der Waals surface area contributed by atoms with E-state index in [9.17, 15) is 14.9 Å². The van der Waals surface area contributed by atoms with Gasteiger partial charge in [-0.3, -0.25) is 10.1 Å². The fourth-order valence-electron chi connectivity index (χ4n) is 2.19. The zero-order chi connectivity index (χ0) is 15.4. The lowest BCUT2D eigenvalue weighted by Crippen LogP contribution is -2.32. The lowest BCUT2D eigenvalue weighted by molar-refractivity contribution is -0.385. The number of aromatic carboxylic acids is 1. The van der Waals surface area contributed by atoms with Crippen LogP contribution < -0.4 is 4.90 Å². The molecule has 6 heteroatoms. The number of nitro groups is 1. The average molecular weight is 280 g/mol. The van der Waals surface area contributed by atoms with E-state index >= 15 is 0 Å². The molecule has 0 radical (unpaired) electrons. The van der Waals surface area contributed by atoms with Crippen LogP contribution in [-0.2, 0) is 0 Å². The Balaban J connectivity index is 3.50. The quantitative estimate of drug-likeness (QED) is 0.639. The molecule has 0 unspecified atom stereocenters. The first kappa shape index (κ1) is 15.9. The van der Waals surface area contributed by atoms with Crippen LogP contribution in [0, 0.1) is 17.0 Å². The van der Waals surface area contributed by atoms with Crippen LogP contribution in [0.2, 0.25) is 0 Å². The topological polar surface area (TPSA) is 83.7 Å². The van der Waals surface area contributed by atoms with E-state index < -0.39 is 10.9 Å². The Morgan fingerprint density at radius 3 is 2.45 bits per heavy atom. The molecule has 1 aromatic rings. The number of anilines is 1. The number of hydrogen-bond acceptors (Lipinski definition) is 4. The molecule has 0 saturated carbocycles. The summed E-state index contributed by atoms with van der Waals surface area (Å²) in [6.45, 7) is 8.35. The van der Waals surface area contributed by atoms with Gasteiger partial charge >= 0.3 is 5.97 Å². The summed E-state index contributed by atoms with van der Waals surface area (Å²) in [6, 6.07) is 2.77. The van der Waals surface area contributed by atoms with Gasteiger partial charge in [-0.1, -0.05) is 6.92 Å². The second-order valence-electron chi connectivity index (χ2n) is 4.99. The Bertz CT molecular complexity index is 526. The summed E-state index contributed by atoms with van der Waals surface area (Å²) >= 11 is 0. The van der Waals surface area contributed by atoms with E-state index in [0.717, 1.165) is 19.0 Å². The van der Waals surface area contributed by atoms with Crippen molar-refractivity contribution in [2.24, 2.45) is 0 Å². The number of carboxylic acids is 1. The minimum absolute atomic E-state index is 0.0564. The monoisotopic (exact) mass is 280 g/mol. The second-order valence-corrected chi connectivity index (χ2v) is 4.99. The molecular formula is C14H20N2O4. The molecular weight excluding hydrogens is 260 g/mol. The van der Waals surface area contributed by atoms with Crippen LogP contribution >= 0.6 is 0 Å². The van der Waals surface area contributed by atoms with E-state index in [1.54, 1.807) is 6.92 Å². The van der Waals surface area contributed by atoms with Crippen molar-refractivity contribution >= 4 is 17.3 Å². The maximum atomic E-state index is 11.1. The lowest BCUT2D eigenvalue weighted by atomic mass is 10.0. The highest BCUT2D eigenvalue weighted by atomic mass is 16.6. The average Bonchev–Trinajstić information content (AvgIpc) is 2.35. The molecule has 0 aliphatic carbocycles. The van der Waals surface area contributed by atoms with Gasteiger partial charge in [0.1, 0.15) is 0 Å². The first-order chi connectivity index (χ1) is 9.29. The summed E-state index contributed by atoms with van der Waals surface area (Å²) in [5, 5.41) is 20.2. The molecule has 0 spiro atoms. The van der Waals surface area contributed by atoms with Crippen LogP contribution in [0.4, 0.5) is 11.4 Å². The van der Waals surface area contributed by atoms with Crippen molar-refractivity contribution in [2.45, 2.75) is 40.2 Å². The fourth-order valence-corrected chi connectivity index (χ4v) is 2.19. The summed E-state index contributed by atoms with van der Waals surface area (Å²) in [4.78, 5) is 23.7. The van der Waals surface area contributed by atoms with Gasteiger partial charge in [0, 0.05) is 24.3 Å². The maximum absolute atomic E-state index is 11.1. The molecule has 0 atom stereocenters. The van der Waals surface area contributed by atoms with Crippen LogP contribution in [0.15, 0.2) is 12.1 Å². The molecule has 1 rings (SSSR count). The van der Waals surface area contributed by atoms with Gasteiger partial charge in [-0.25, -0.2) is 4.79 Å². The van der Waals surface area contributed by atoms with E-state index in [4.69, 9.17) is 5.11 Å². The Morgan fingerprint density at radius 2 is 2.05 bits per heavy atom. The lowest BCUT2D eigenvalue weighted by Gasteiger charge is -2.30. The first-order valence-electron chi connectivity index (χ1n) is 6.58. The molecule has 6 nitrogen and oxygen atoms in total. The van der Waals surface area contributed by atoms with E-state index in [2.05, 4.69) is 0 Å². The number of benzene rings is 1. The standard InChI is InChI=1S/C14H20N2O4/c1-5-6-15(9(2)3)12-7-11(14(17)18)8-13(10(12)4)16(19)20/h7-9H,5-6H2,1-4H3,(H,17,18). The number of rotatable bonds is 6. The van der Waals surface area contributed by atoms with Crippen LogP contribution in [0.5, 0.6) is 0 Å². The van der Waals surface area contributed by atoms with Gasteiger partial charge < -0.3 is 10.0 Å². The highest BCUT2D eigenvalue weighted by molar-refractivity contribution is 5.90. The Hall–Kier alpha value is -2.11. The highest BCUT2D eigenvalue weighted by Crippen LogP contribution is 2.31. The van der Waals surface area contributed by atoms with Gasteiger partial charge in [-0.05, 0) is 33.3 Å². The number of carboxylic acid groups (broad SMARTS) is 1. The summed E-state index contributed by atoms with van der Waals surface area (Å²) in [6.07, 6.45) is 0.878. The smallest absolute Gasteiger partial charge is 0.336 e. The predicted octanol–water partition coefficient (Wildman–Crippen LogP) is 3.23. The van der Waals surface area contributed by atoms with Crippen LogP contribution in [0.3, 0.4) is 0 Å². The zero-order valence-electron chi connectivity index (χ0n) is 12.2. The predicted molar refractivity (Wildman–Crippen MR) is 77.6 cm³/mol. The minimum Gasteiger partial charge on any atom is -0.478 e. The maximum Gasteiger partial charge on any atom is 0.336 e. The van der Waals surface area contributed by atoms with Crippen molar-refractivity contribution in [1.82, 2.24) is 0 Å². The van der Waals surface area contributed by atoms with E-state index in [1.165, 1.54) is 6.07 Å². The summed E-state index contributed by atoms with van der Waals surface area (Å²) in [5.74, 6) is -1.16. The molecule has 110 valence electrons. The molecule has 0 aliphatic heterocycles. The van der Waals surface area contributed by atoms with Crippen LogP contribution in [-0.4, -0.2) is 28.6 Å². The van der Waals surface area contributed by atoms with E-state index in [1.807, 2.05) is 25.7 Å². The van der Waals surface area contributed by atoms with Crippen molar-refractivity contribution in [1.29, 1.82) is 0 Å². The Morgan fingerprint density at radius 1 is 1.45 bits per heavy atom. The summed E-state index contributed by atoms with van der Waals surface area (Å²) < 4.78 is 0. The van der Waals surface area contributed by atoms with Crippen molar-refractivity contribution in [2.75, 3.05) is 11.4 Å². The molecule has 1 aromatic carbocycles. The Labute approximate surface area is 118 Å². The van der Waals surface area contributed by atoms with Crippen molar-refractivity contribution in [3.8, 4) is 0 Å². The zero-order valence-corrected chi connectivity index (χ0v) is 12.2. The summed E-state index contributed by atoms with van der Waals surface area (Å²) in [7, 11) is 0. The number of nitro benzene ring substituents is 1. The molecule has 0 saturated heterocycles. The Kier molecular flexibility index (Phi) is 5.07. The van der Waals surface area contributed by atoms with Crippen molar-refractivity contribution in [3.63, 3.8) is 0 Å². The largest absolute Gasteiger partial charge is 0.478 e. The molecule has 0 heterocycles. The first-order valence-corrected chi connectivity index (χ1v) is 6.58. The van der Waals surface area contributed by atoms with E-state index in [-0.39, 0.29) is 17.3 Å². The van der Waals surface area contributed by atoms with Gasteiger partial charge in [0.2, 0.25) is 0 Å². The minimum atomic E-state index is -1.16. The SMILES string of the molecule is CCCN(c1cc(C(=O)O)cc([N+](=O)[O-])c1C)C(C)C. The number of carbonyl (C=O) groups is 1. The normalized spacial score (nSPS) is 10.7. The van der Waals surface area contributed by atoms with Crippen molar-refractivity contribution < 1.29 is 14.8 Å². The molecule has 1 N–H and O–H groups in total. The molecule has 20 heavy (non-hydrogen) atoms. The van der Waals surface area contributed by atoms with Gasteiger partial charge in [-0.2, -0.15) is 0 Å². The van der Waals surface area contributed by atoms with Gasteiger partial charge in [0.05, 0.1) is 16.1 Å². The third kappa shape index (κ3) is 3.26. The van der Waals surface area contributed by atoms with Crippen LogP contribution in [0.25, 0.3) is 0 Å². The third-order valence-electron chi connectivity index (χ3n) is 3.19. The van der Waals surface area contributed by atoms with E-state index in [0.29, 0.717) is 11.3 Å². The molecule has 0 aliphatic rings. The van der Waals surface area contributed by atoms with Gasteiger partial charge in [-0.15, -0.1) is 0 Å². The number of nitrogens with zero attached hydrogens (tertiary/aromatic N) is 2. The second kappa shape index (κ2) is 6.36. The van der Waals surface area contributed by atoms with Crippen molar-refractivity contribution in [3.05, 3.63) is 33.4 Å². The molecule has 0 amide bonds. The summed E-state index contributed by atoms with van der Waals surface area (Å²) in [5.41, 5.74) is 0.913. The number of hydrogen-bond donors (Lipinski definition) is 1. The highest BCUT2D eigenvalue weighted by Gasteiger charge is 2.23. The third-order valence-corrected chi connectivity index (χ3v) is 3.19. The van der Waals surface area contributed by atoms with Gasteiger partial charge in [0.15, 0.2) is 0 Å². The molecule has 0 fully saturated rings.